The number of rotatable bonds is 4. The van der Waals surface area contributed by atoms with Gasteiger partial charge in [0.15, 0.2) is 5.69 Å². The summed E-state index contributed by atoms with van der Waals surface area (Å²) in [5, 5.41) is 8.27. The van der Waals surface area contributed by atoms with Crippen LogP contribution in [0.3, 0.4) is 0 Å². The highest BCUT2D eigenvalue weighted by Crippen LogP contribution is 2.22. The molecule has 0 aliphatic carbocycles. The molecule has 0 spiro atoms. The summed E-state index contributed by atoms with van der Waals surface area (Å²) in [5.41, 5.74) is 3.15. The van der Waals surface area contributed by atoms with E-state index >= 15 is 0 Å². The van der Waals surface area contributed by atoms with E-state index in [2.05, 4.69) is 32.4 Å². The van der Waals surface area contributed by atoms with Crippen LogP contribution in [0.4, 0.5) is 0 Å². The van der Waals surface area contributed by atoms with E-state index in [1.54, 1.807) is 17.1 Å². The molecule has 3 aromatic rings. The van der Waals surface area contributed by atoms with E-state index in [1.807, 2.05) is 21.9 Å². The van der Waals surface area contributed by atoms with Gasteiger partial charge in [-0.15, -0.1) is 5.10 Å². The Hall–Kier alpha value is -3.62. The van der Waals surface area contributed by atoms with Gasteiger partial charge in [0.1, 0.15) is 5.69 Å². The second-order valence-electron chi connectivity index (χ2n) is 7.96. The summed E-state index contributed by atoms with van der Waals surface area (Å²) >= 11 is 0. The number of amides is 2. The second kappa shape index (κ2) is 8.25. The van der Waals surface area contributed by atoms with Gasteiger partial charge in [0, 0.05) is 32.0 Å². The average molecular weight is 417 g/mol. The Morgan fingerprint density at radius 2 is 1.90 bits per heavy atom. The maximum Gasteiger partial charge on any atom is 0.276 e. The molecule has 31 heavy (non-hydrogen) atoms. The van der Waals surface area contributed by atoms with Gasteiger partial charge in [-0.2, -0.15) is 0 Å². The summed E-state index contributed by atoms with van der Waals surface area (Å²) in [4.78, 5) is 37.5. The summed E-state index contributed by atoms with van der Waals surface area (Å²) in [6.07, 6.45) is 8.88. The third-order valence-corrected chi connectivity index (χ3v) is 5.99. The molecule has 0 N–H and O–H groups in total. The molecular formula is C22H23N7O2. The van der Waals surface area contributed by atoms with Crippen molar-refractivity contribution in [2.75, 3.05) is 13.1 Å². The quantitative estimate of drug-likeness (QED) is 0.639. The smallest absolute Gasteiger partial charge is 0.276 e. The highest BCUT2D eigenvalue weighted by atomic mass is 16.2. The first-order valence-corrected chi connectivity index (χ1v) is 10.5. The van der Waals surface area contributed by atoms with Crippen LogP contribution in [0.15, 0.2) is 49.1 Å². The number of nitrogens with zero attached hydrogens (tertiary/aromatic N) is 7. The maximum absolute atomic E-state index is 12.9. The Bertz CT molecular complexity index is 1100. The lowest BCUT2D eigenvalue weighted by Gasteiger charge is -2.28. The third kappa shape index (κ3) is 3.90. The maximum atomic E-state index is 12.9. The molecule has 158 valence electrons. The summed E-state index contributed by atoms with van der Waals surface area (Å²) in [6, 6.07) is 8.20. The summed E-state index contributed by atoms with van der Waals surface area (Å²) < 4.78 is 1.66. The zero-order chi connectivity index (χ0) is 21.2. The van der Waals surface area contributed by atoms with Crippen molar-refractivity contribution < 1.29 is 9.59 Å². The van der Waals surface area contributed by atoms with Crippen molar-refractivity contribution in [3.63, 3.8) is 0 Å². The molecule has 2 aliphatic rings. The highest BCUT2D eigenvalue weighted by Gasteiger charge is 2.31. The van der Waals surface area contributed by atoms with Gasteiger partial charge in [-0.1, -0.05) is 29.5 Å². The fourth-order valence-corrected chi connectivity index (χ4v) is 4.38. The number of likely N-dealkylation sites (tertiary alicyclic amines) is 1. The molecule has 4 heterocycles. The van der Waals surface area contributed by atoms with E-state index in [1.165, 1.54) is 23.5 Å². The van der Waals surface area contributed by atoms with Crippen LogP contribution in [0, 0.1) is 0 Å². The molecule has 1 saturated heterocycles. The Morgan fingerprint density at radius 3 is 2.74 bits per heavy atom. The van der Waals surface area contributed by atoms with Gasteiger partial charge in [-0.25, -0.2) is 9.67 Å². The molecule has 5 rings (SSSR count). The molecule has 1 fully saturated rings. The van der Waals surface area contributed by atoms with Crippen molar-refractivity contribution in [3.05, 3.63) is 71.6 Å². The predicted molar refractivity (Wildman–Crippen MR) is 111 cm³/mol. The minimum absolute atomic E-state index is 0.0129. The van der Waals surface area contributed by atoms with Crippen molar-refractivity contribution in [2.45, 2.75) is 38.4 Å². The van der Waals surface area contributed by atoms with Crippen LogP contribution in [0.5, 0.6) is 0 Å². The fraction of sp³-hybridized carbons (Fsp3) is 0.364. The number of hydrogen-bond donors (Lipinski definition) is 0. The van der Waals surface area contributed by atoms with E-state index in [9.17, 15) is 9.59 Å². The third-order valence-electron chi connectivity index (χ3n) is 5.99. The lowest BCUT2D eigenvalue weighted by Crippen LogP contribution is -2.38. The van der Waals surface area contributed by atoms with Gasteiger partial charge >= 0.3 is 0 Å². The van der Waals surface area contributed by atoms with E-state index in [0.717, 1.165) is 19.3 Å². The standard InChI is InChI=1S/C22H23N7O2/c30-21(27-11-7-16-4-1-2-5-17(16)13-27)20-15-28(26-25-20)14-18-6-3-10-29(18)22(31)19-12-23-8-9-24-19/h1-2,4-5,8-9,12,15,18H,3,6-7,10-11,13-14H2/t18-/m0/s1. The number of carbonyl (C=O) groups excluding carboxylic acids is 2. The highest BCUT2D eigenvalue weighted by molar-refractivity contribution is 5.92. The van der Waals surface area contributed by atoms with Crippen LogP contribution in [0.25, 0.3) is 0 Å². The molecule has 2 aliphatic heterocycles. The van der Waals surface area contributed by atoms with Gasteiger partial charge in [0.05, 0.1) is 25.0 Å². The molecule has 1 aromatic carbocycles. The summed E-state index contributed by atoms with van der Waals surface area (Å²) in [7, 11) is 0. The molecule has 0 saturated carbocycles. The number of fused-ring (bicyclic) bond motifs is 1. The fourth-order valence-electron chi connectivity index (χ4n) is 4.38. The van der Waals surface area contributed by atoms with Crippen molar-refractivity contribution >= 4 is 11.8 Å². The first-order valence-electron chi connectivity index (χ1n) is 10.5. The molecule has 2 amide bonds. The van der Waals surface area contributed by atoms with E-state index < -0.39 is 0 Å². The Kier molecular flexibility index (Phi) is 5.15. The van der Waals surface area contributed by atoms with Crippen LogP contribution in [-0.2, 0) is 19.5 Å². The lowest BCUT2D eigenvalue weighted by atomic mass is 10.00. The van der Waals surface area contributed by atoms with Gasteiger partial charge in [-0.3, -0.25) is 14.6 Å². The minimum atomic E-state index is -0.126. The van der Waals surface area contributed by atoms with Gasteiger partial charge in [0.2, 0.25) is 0 Å². The normalized spacial score (nSPS) is 18.1. The van der Waals surface area contributed by atoms with Crippen molar-refractivity contribution in [2.24, 2.45) is 0 Å². The van der Waals surface area contributed by atoms with Crippen LogP contribution in [0.1, 0.15) is 44.9 Å². The van der Waals surface area contributed by atoms with Crippen LogP contribution in [0.2, 0.25) is 0 Å². The largest absolute Gasteiger partial charge is 0.333 e. The van der Waals surface area contributed by atoms with Crippen molar-refractivity contribution in [1.82, 2.24) is 34.8 Å². The molecule has 0 unspecified atom stereocenters. The van der Waals surface area contributed by atoms with Crippen LogP contribution in [-0.4, -0.2) is 65.7 Å². The minimum Gasteiger partial charge on any atom is -0.333 e. The zero-order valence-corrected chi connectivity index (χ0v) is 17.1. The van der Waals surface area contributed by atoms with Gasteiger partial charge in [-0.05, 0) is 30.4 Å². The Labute approximate surface area is 179 Å². The van der Waals surface area contributed by atoms with Crippen LogP contribution >= 0.6 is 0 Å². The average Bonchev–Trinajstić information content (AvgIpc) is 3.48. The van der Waals surface area contributed by atoms with Gasteiger partial charge < -0.3 is 9.80 Å². The van der Waals surface area contributed by atoms with Crippen molar-refractivity contribution in [3.8, 4) is 0 Å². The summed E-state index contributed by atoms with van der Waals surface area (Å²) in [6.45, 7) is 2.43. The Balaban J connectivity index is 1.25. The number of aromatic nitrogens is 5. The Morgan fingerprint density at radius 1 is 1.03 bits per heavy atom. The predicted octanol–water partition coefficient (Wildman–Crippen LogP) is 1.57. The number of hydrogen-bond acceptors (Lipinski definition) is 6. The first kappa shape index (κ1) is 19.3. The van der Waals surface area contributed by atoms with E-state index in [-0.39, 0.29) is 17.9 Å². The molecular weight excluding hydrogens is 394 g/mol. The summed E-state index contributed by atoms with van der Waals surface area (Å²) in [5.74, 6) is -0.237. The lowest BCUT2D eigenvalue weighted by molar-refractivity contribution is 0.0709. The van der Waals surface area contributed by atoms with Crippen LogP contribution < -0.4 is 0 Å². The monoisotopic (exact) mass is 417 g/mol. The second-order valence-corrected chi connectivity index (χ2v) is 7.96. The molecule has 0 bridgehead atoms. The van der Waals surface area contributed by atoms with E-state index in [4.69, 9.17) is 0 Å². The van der Waals surface area contributed by atoms with Gasteiger partial charge in [0.25, 0.3) is 11.8 Å². The number of carbonyl (C=O) groups is 2. The molecule has 1 atom stereocenters. The zero-order valence-electron chi connectivity index (χ0n) is 17.1. The first-order chi connectivity index (χ1) is 15.2. The number of benzene rings is 1. The SMILES string of the molecule is O=C(c1cn(C[C@@H]2CCCN2C(=O)c2cnccn2)nn1)N1CCc2ccccc2C1. The topological polar surface area (TPSA) is 97.1 Å². The van der Waals surface area contributed by atoms with Crippen molar-refractivity contribution in [1.29, 1.82) is 0 Å². The molecule has 0 radical (unpaired) electrons. The van der Waals surface area contributed by atoms with E-state index in [0.29, 0.717) is 37.6 Å². The molecule has 2 aromatic heterocycles. The molecule has 9 heteroatoms. The molecule has 9 nitrogen and oxygen atoms in total.